The van der Waals surface area contributed by atoms with Crippen LogP contribution in [0.4, 0.5) is 0 Å². The van der Waals surface area contributed by atoms with Crippen LogP contribution in [0.3, 0.4) is 0 Å². The molecule has 0 saturated carbocycles. The maximum absolute atomic E-state index is 11.9. The van der Waals surface area contributed by atoms with Gasteiger partial charge in [0.1, 0.15) is 6.04 Å². The molecule has 116 valence electrons. The quantitative estimate of drug-likeness (QED) is 0.793. The fourth-order valence-corrected chi connectivity index (χ4v) is 2.63. The van der Waals surface area contributed by atoms with Gasteiger partial charge in [0, 0.05) is 17.1 Å². The van der Waals surface area contributed by atoms with Crippen molar-refractivity contribution in [3.8, 4) is 0 Å². The SMILES string of the molecule is Cc1ccc(SCCC(=O)N[C@@H](C(=O)O)C(C)(C)C)cc1. The minimum Gasteiger partial charge on any atom is -0.480 e. The van der Waals surface area contributed by atoms with Crippen LogP contribution >= 0.6 is 11.8 Å². The van der Waals surface area contributed by atoms with Crippen molar-refractivity contribution < 1.29 is 14.7 Å². The number of aliphatic carboxylic acids is 1. The molecule has 0 spiro atoms. The summed E-state index contributed by atoms with van der Waals surface area (Å²) in [5.74, 6) is -0.593. The number of hydrogen-bond donors (Lipinski definition) is 2. The average molecular weight is 309 g/mol. The molecule has 0 aliphatic rings. The fraction of sp³-hybridized carbons (Fsp3) is 0.500. The van der Waals surface area contributed by atoms with Gasteiger partial charge in [0.2, 0.25) is 5.91 Å². The topological polar surface area (TPSA) is 66.4 Å². The van der Waals surface area contributed by atoms with Crippen LogP contribution < -0.4 is 5.32 Å². The number of carboxylic acid groups (broad SMARTS) is 1. The predicted molar refractivity (Wildman–Crippen MR) is 85.5 cm³/mol. The van der Waals surface area contributed by atoms with E-state index >= 15 is 0 Å². The lowest BCUT2D eigenvalue weighted by molar-refractivity contribution is -0.144. The van der Waals surface area contributed by atoms with Crippen LogP contribution in [0.25, 0.3) is 0 Å². The van der Waals surface area contributed by atoms with Crippen LogP contribution in [0, 0.1) is 12.3 Å². The van der Waals surface area contributed by atoms with Crippen molar-refractivity contribution in [3.63, 3.8) is 0 Å². The fourth-order valence-electron chi connectivity index (χ4n) is 1.78. The number of carbonyl (C=O) groups excluding carboxylic acids is 1. The van der Waals surface area contributed by atoms with Gasteiger partial charge in [0.15, 0.2) is 0 Å². The number of rotatable bonds is 6. The smallest absolute Gasteiger partial charge is 0.326 e. The molecule has 0 aliphatic carbocycles. The number of carboxylic acids is 1. The summed E-state index contributed by atoms with van der Waals surface area (Å²) in [4.78, 5) is 24.2. The van der Waals surface area contributed by atoms with Gasteiger partial charge in [-0.2, -0.15) is 0 Å². The molecule has 2 N–H and O–H groups in total. The number of carbonyl (C=O) groups is 2. The molecule has 0 heterocycles. The molecule has 0 unspecified atom stereocenters. The third-order valence-electron chi connectivity index (χ3n) is 3.04. The molecule has 5 heteroatoms. The number of thioether (sulfide) groups is 1. The van der Waals surface area contributed by atoms with Gasteiger partial charge in [-0.15, -0.1) is 11.8 Å². The van der Waals surface area contributed by atoms with E-state index in [0.717, 1.165) is 4.90 Å². The second-order valence-corrected chi connectivity index (χ2v) is 7.28. The first-order valence-electron chi connectivity index (χ1n) is 6.92. The van der Waals surface area contributed by atoms with Gasteiger partial charge < -0.3 is 10.4 Å². The highest BCUT2D eigenvalue weighted by Crippen LogP contribution is 2.21. The van der Waals surface area contributed by atoms with E-state index in [1.54, 1.807) is 32.5 Å². The summed E-state index contributed by atoms with van der Waals surface area (Å²) in [7, 11) is 0. The third-order valence-corrected chi connectivity index (χ3v) is 4.05. The van der Waals surface area contributed by atoms with Crippen LogP contribution in [-0.2, 0) is 9.59 Å². The lowest BCUT2D eigenvalue weighted by atomic mass is 9.87. The first-order chi connectivity index (χ1) is 9.70. The lowest BCUT2D eigenvalue weighted by Crippen LogP contribution is -2.49. The van der Waals surface area contributed by atoms with Gasteiger partial charge in [-0.1, -0.05) is 38.5 Å². The van der Waals surface area contributed by atoms with Crippen LogP contribution in [0.15, 0.2) is 29.2 Å². The number of hydrogen-bond acceptors (Lipinski definition) is 3. The van der Waals surface area contributed by atoms with Crippen LogP contribution in [0.5, 0.6) is 0 Å². The van der Waals surface area contributed by atoms with Crippen molar-refractivity contribution in [2.24, 2.45) is 5.41 Å². The molecule has 21 heavy (non-hydrogen) atoms. The van der Waals surface area contributed by atoms with E-state index in [0.29, 0.717) is 12.2 Å². The lowest BCUT2D eigenvalue weighted by Gasteiger charge is -2.27. The second kappa shape index (κ2) is 7.50. The Labute approximate surface area is 130 Å². The summed E-state index contributed by atoms with van der Waals surface area (Å²) in [6.45, 7) is 7.42. The summed E-state index contributed by atoms with van der Waals surface area (Å²) >= 11 is 1.59. The van der Waals surface area contributed by atoms with Crippen molar-refractivity contribution in [1.29, 1.82) is 0 Å². The molecule has 0 saturated heterocycles. The van der Waals surface area contributed by atoms with Crippen LogP contribution in [-0.4, -0.2) is 28.8 Å². The molecule has 0 fully saturated rings. The maximum Gasteiger partial charge on any atom is 0.326 e. The third kappa shape index (κ3) is 6.21. The van der Waals surface area contributed by atoms with Crippen LogP contribution in [0.1, 0.15) is 32.8 Å². The Hall–Kier alpha value is -1.49. The molecule has 0 bridgehead atoms. The zero-order valence-electron chi connectivity index (χ0n) is 13.0. The molecule has 4 nitrogen and oxygen atoms in total. The van der Waals surface area contributed by atoms with E-state index in [4.69, 9.17) is 5.11 Å². The maximum atomic E-state index is 11.9. The molecule has 0 radical (unpaired) electrons. The monoisotopic (exact) mass is 309 g/mol. The minimum absolute atomic E-state index is 0.225. The van der Waals surface area contributed by atoms with Crippen molar-refractivity contribution in [3.05, 3.63) is 29.8 Å². The summed E-state index contributed by atoms with van der Waals surface area (Å²) in [6, 6.07) is 7.24. The van der Waals surface area contributed by atoms with Crippen molar-refractivity contribution in [1.82, 2.24) is 5.32 Å². The Morgan fingerprint density at radius 2 is 1.81 bits per heavy atom. The number of aryl methyl sites for hydroxylation is 1. The van der Waals surface area contributed by atoms with Gasteiger partial charge in [0.05, 0.1) is 0 Å². The number of amides is 1. The predicted octanol–water partition coefficient (Wildman–Crippen LogP) is 3.09. The highest BCUT2D eigenvalue weighted by atomic mass is 32.2. The van der Waals surface area contributed by atoms with E-state index in [-0.39, 0.29) is 5.91 Å². The molecule has 1 rings (SSSR count). The molecule has 1 atom stereocenters. The summed E-state index contributed by atoms with van der Waals surface area (Å²) in [6.07, 6.45) is 0.304. The van der Waals surface area contributed by atoms with Gasteiger partial charge in [-0.25, -0.2) is 4.79 Å². The Morgan fingerprint density at radius 3 is 2.29 bits per heavy atom. The Morgan fingerprint density at radius 1 is 1.24 bits per heavy atom. The minimum atomic E-state index is -0.998. The van der Waals surface area contributed by atoms with E-state index in [1.807, 2.05) is 31.2 Å². The molecule has 0 aliphatic heterocycles. The Balaban J connectivity index is 2.43. The van der Waals surface area contributed by atoms with Gasteiger partial charge >= 0.3 is 5.97 Å². The highest BCUT2D eigenvalue weighted by Gasteiger charge is 2.32. The molecule has 1 amide bonds. The second-order valence-electron chi connectivity index (χ2n) is 6.12. The summed E-state index contributed by atoms with van der Waals surface area (Å²) in [5, 5.41) is 11.8. The molecular formula is C16H23NO3S. The summed E-state index contributed by atoms with van der Waals surface area (Å²) < 4.78 is 0. The normalized spacial score (nSPS) is 12.8. The molecular weight excluding hydrogens is 286 g/mol. The van der Waals surface area contributed by atoms with E-state index in [2.05, 4.69) is 5.32 Å². The zero-order valence-corrected chi connectivity index (χ0v) is 13.8. The number of nitrogens with one attached hydrogen (secondary N) is 1. The first kappa shape index (κ1) is 17.6. The standard InChI is InChI=1S/C16H23NO3S/c1-11-5-7-12(8-6-11)21-10-9-13(18)17-14(15(19)20)16(2,3)4/h5-8,14H,9-10H2,1-4H3,(H,17,18)(H,19,20)/t14-/m0/s1. The van der Waals surface area contributed by atoms with Gasteiger partial charge in [-0.05, 0) is 24.5 Å². The van der Waals surface area contributed by atoms with Crippen molar-refractivity contribution in [2.45, 2.75) is 45.1 Å². The van der Waals surface area contributed by atoms with Crippen molar-refractivity contribution >= 4 is 23.6 Å². The first-order valence-corrected chi connectivity index (χ1v) is 7.90. The van der Waals surface area contributed by atoms with Crippen LogP contribution in [0.2, 0.25) is 0 Å². The van der Waals surface area contributed by atoms with Crippen molar-refractivity contribution in [2.75, 3.05) is 5.75 Å². The Bertz CT molecular complexity index is 491. The number of benzene rings is 1. The molecule has 1 aromatic carbocycles. The largest absolute Gasteiger partial charge is 0.480 e. The van der Waals surface area contributed by atoms with E-state index in [9.17, 15) is 9.59 Å². The Kier molecular flexibility index (Phi) is 6.27. The van der Waals surface area contributed by atoms with E-state index in [1.165, 1.54) is 5.56 Å². The zero-order chi connectivity index (χ0) is 16.0. The van der Waals surface area contributed by atoms with Gasteiger partial charge in [-0.3, -0.25) is 4.79 Å². The molecule has 0 aromatic heterocycles. The van der Waals surface area contributed by atoms with Gasteiger partial charge in [0.25, 0.3) is 0 Å². The molecule has 1 aromatic rings. The average Bonchev–Trinajstić information content (AvgIpc) is 2.36. The summed E-state index contributed by atoms with van der Waals surface area (Å²) in [5.41, 5.74) is 0.692. The highest BCUT2D eigenvalue weighted by molar-refractivity contribution is 7.99. The van der Waals surface area contributed by atoms with E-state index < -0.39 is 17.4 Å².